The Morgan fingerprint density at radius 1 is 1.53 bits per heavy atom. The molecular formula is C13H17N3O3. The molecule has 0 bridgehead atoms. The molecule has 1 fully saturated rings. The summed E-state index contributed by atoms with van der Waals surface area (Å²) >= 11 is 0. The molecule has 1 aliphatic heterocycles. The number of piperazine rings is 1. The van der Waals surface area contributed by atoms with E-state index in [1.54, 1.807) is 17.0 Å². The van der Waals surface area contributed by atoms with E-state index in [4.69, 9.17) is 0 Å². The van der Waals surface area contributed by atoms with Crippen LogP contribution in [0.25, 0.3) is 0 Å². The van der Waals surface area contributed by atoms with E-state index in [1.165, 1.54) is 6.07 Å². The largest absolute Gasteiger partial charge is 0.336 e. The molecule has 19 heavy (non-hydrogen) atoms. The van der Waals surface area contributed by atoms with Crippen molar-refractivity contribution in [2.75, 3.05) is 19.6 Å². The van der Waals surface area contributed by atoms with Gasteiger partial charge >= 0.3 is 0 Å². The summed E-state index contributed by atoms with van der Waals surface area (Å²) in [6.45, 7) is 5.68. The summed E-state index contributed by atoms with van der Waals surface area (Å²) in [6.07, 6.45) is 0. The Bertz CT molecular complexity index is 516. The van der Waals surface area contributed by atoms with E-state index >= 15 is 0 Å². The van der Waals surface area contributed by atoms with Crippen LogP contribution in [0.15, 0.2) is 18.2 Å². The number of aryl methyl sites for hydroxylation is 1. The standard InChI is InChI=1S/C13H17N3O3/c1-9-3-4-12(16(18)19)11(7-9)13(17)15-6-5-14-10(2)8-15/h3-4,7,10,14H,5-6,8H2,1-2H3. The number of rotatable bonds is 2. The van der Waals surface area contributed by atoms with Gasteiger partial charge in [0.25, 0.3) is 11.6 Å². The number of hydrogen-bond donors (Lipinski definition) is 1. The number of nitro groups is 1. The average Bonchev–Trinajstić information content (AvgIpc) is 2.37. The number of nitrogens with one attached hydrogen (secondary N) is 1. The van der Waals surface area contributed by atoms with Gasteiger partial charge in [0.2, 0.25) is 0 Å². The minimum atomic E-state index is -0.502. The van der Waals surface area contributed by atoms with Crippen LogP contribution in [0, 0.1) is 17.0 Å². The predicted octanol–water partition coefficient (Wildman–Crippen LogP) is 1.34. The van der Waals surface area contributed by atoms with Gasteiger partial charge in [-0.05, 0) is 25.5 Å². The molecule has 1 aliphatic rings. The zero-order chi connectivity index (χ0) is 14.0. The van der Waals surface area contributed by atoms with Crippen molar-refractivity contribution >= 4 is 11.6 Å². The summed E-state index contributed by atoms with van der Waals surface area (Å²) in [7, 11) is 0. The van der Waals surface area contributed by atoms with Gasteiger partial charge in [-0.1, -0.05) is 6.07 Å². The molecule has 0 saturated carbocycles. The second-order valence-corrected chi connectivity index (χ2v) is 4.88. The van der Waals surface area contributed by atoms with Crippen molar-refractivity contribution in [2.45, 2.75) is 19.9 Å². The molecule has 0 aliphatic carbocycles. The molecule has 1 aromatic rings. The van der Waals surface area contributed by atoms with Gasteiger partial charge in [-0.3, -0.25) is 14.9 Å². The summed E-state index contributed by atoms with van der Waals surface area (Å²) in [6, 6.07) is 4.85. The number of benzene rings is 1. The molecule has 1 N–H and O–H groups in total. The first-order chi connectivity index (χ1) is 8.99. The Morgan fingerprint density at radius 2 is 2.26 bits per heavy atom. The highest BCUT2D eigenvalue weighted by atomic mass is 16.6. The molecule has 0 spiro atoms. The summed E-state index contributed by atoms with van der Waals surface area (Å²) in [5.41, 5.74) is 0.901. The number of amides is 1. The molecule has 102 valence electrons. The van der Waals surface area contributed by atoms with Crippen LogP contribution in [0.2, 0.25) is 0 Å². The van der Waals surface area contributed by atoms with Crippen LogP contribution in [0.3, 0.4) is 0 Å². The Balaban J connectivity index is 2.32. The lowest BCUT2D eigenvalue weighted by molar-refractivity contribution is -0.385. The number of hydrogen-bond acceptors (Lipinski definition) is 4. The Labute approximate surface area is 111 Å². The molecule has 1 saturated heterocycles. The van der Waals surface area contributed by atoms with Crippen LogP contribution in [0.1, 0.15) is 22.8 Å². The van der Waals surface area contributed by atoms with E-state index in [9.17, 15) is 14.9 Å². The van der Waals surface area contributed by atoms with E-state index in [1.807, 2.05) is 13.8 Å². The lowest BCUT2D eigenvalue weighted by atomic mass is 10.1. The maximum atomic E-state index is 12.4. The monoisotopic (exact) mass is 263 g/mol. The average molecular weight is 263 g/mol. The highest BCUT2D eigenvalue weighted by molar-refractivity contribution is 5.98. The fraction of sp³-hybridized carbons (Fsp3) is 0.462. The maximum Gasteiger partial charge on any atom is 0.282 e. The van der Waals surface area contributed by atoms with Crippen molar-refractivity contribution < 1.29 is 9.72 Å². The summed E-state index contributed by atoms with van der Waals surface area (Å²) in [5, 5.41) is 14.2. The highest BCUT2D eigenvalue weighted by Gasteiger charge is 2.27. The van der Waals surface area contributed by atoms with Crippen molar-refractivity contribution in [1.29, 1.82) is 0 Å². The van der Waals surface area contributed by atoms with Crippen molar-refractivity contribution in [1.82, 2.24) is 10.2 Å². The number of carbonyl (C=O) groups excluding carboxylic acids is 1. The van der Waals surface area contributed by atoms with Crippen molar-refractivity contribution in [2.24, 2.45) is 0 Å². The zero-order valence-electron chi connectivity index (χ0n) is 11.0. The smallest absolute Gasteiger partial charge is 0.282 e. The van der Waals surface area contributed by atoms with E-state index in [2.05, 4.69) is 5.32 Å². The van der Waals surface area contributed by atoms with Crippen molar-refractivity contribution in [3.63, 3.8) is 0 Å². The first-order valence-corrected chi connectivity index (χ1v) is 6.26. The quantitative estimate of drug-likeness (QED) is 0.645. The fourth-order valence-electron chi connectivity index (χ4n) is 2.27. The molecule has 0 aromatic heterocycles. The molecule has 0 radical (unpaired) electrons. The van der Waals surface area contributed by atoms with Gasteiger partial charge in [-0.25, -0.2) is 0 Å². The first-order valence-electron chi connectivity index (χ1n) is 6.26. The summed E-state index contributed by atoms with van der Waals surface area (Å²) in [5.74, 6) is -0.260. The predicted molar refractivity (Wildman–Crippen MR) is 71.2 cm³/mol. The van der Waals surface area contributed by atoms with E-state index in [-0.39, 0.29) is 23.2 Å². The topological polar surface area (TPSA) is 75.5 Å². The maximum absolute atomic E-state index is 12.4. The van der Waals surface area contributed by atoms with Crippen molar-refractivity contribution in [3.05, 3.63) is 39.4 Å². The zero-order valence-corrected chi connectivity index (χ0v) is 11.0. The third-order valence-corrected chi connectivity index (χ3v) is 3.24. The second-order valence-electron chi connectivity index (χ2n) is 4.88. The number of nitrogens with zero attached hydrogens (tertiary/aromatic N) is 2. The highest BCUT2D eigenvalue weighted by Crippen LogP contribution is 2.22. The molecule has 1 heterocycles. The van der Waals surface area contributed by atoms with E-state index in [0.717, 1.165) is 5.56 Å². The van der Waals surface area contributed by atoms with Crippen molar-refractivity contribution in [3.8, 4) is 0 Å². The molecule has 6 heteroatoms. The Hall–Kier alpha value is -1.95. The summed E-state index contributed by atoms with van der Waals surface area (Å²) in [4.78, 5) is 24.6. The Kier molecular flexibility index (Phi) is 3.80. The Morgan fingerprint density at radius 3 is 2.89 bits per heavy atom. The molecule has 1 aromatic carbocycles. The second kappa shape index (κ2) is 5.36. The van der Waals surface area contributed by atoms with Crippen LogP contribution in [0.4, 0.5) is 5.69 Å². The lowest BCUT2D eigenvalue weighted by Gasteiger charge is -2.31. The lowest BCUT2D eigenvalue weighted by Crippen LogP contribution is -2.51. The van der Waals surface area contributed by atoms with Gasteiger partial charge in [-0.2, -0.15) is 0 Å². The van der Waals surface area contributed by atoms with Crippen LogP contribution in [0.5, 0.6) is 0 Å². The third-order valence-electron chi connectivity index (χ3n) is 3.24. The minimum Gasteiger partial charge on any atom is -0.336 e. The van der Waals surface area contributed by atoms with Crippen LogP contribution in [-0.4, -0.2) is 41.4 Å². The van der Waals surface area contributed by atoms with Crippen LogP contribution < -0.4 is 5.32 Å². The van der Waals surface area contributed by atoms with Gasteiger partial charge < -0.3 is 10.2 Å². The molecule has 2 rings (SSSR count). The van der Waals surface area contributed by atoms with Gasteiger partial charge in [0, 0.05) is 31.7 Å². The summed E-state index contributed by atoms with van der Waals surface area (Å²) < 4.78 is 0. The molecule has 1 atom stereocenters. The third kappa shape index (κ3) is 2.90. The van der Waals surface area contributed by atoms with Gasteiger partial charge in [-0.15, -0.1) is 0 Å². The number of nitro benzene ring substituents is 1. The molecule has 1 unspecified atom stereocenters. The van der Waals surface area contributed by atoms with Crippen LogP contribution >= 0.6 is 0 Å². The van der Waals surface area contributed by atoms with Crippen LogP contribution in [-0.2, 0) is 0 Å². The molecule has 1 amide bonds. The van der Waals surface area contributed by atoms with E-state index < -0.39 is 4.92 Å². The normalized spacial score (nSPS) is 19.3. The first kappa shape index (κ1) is 13.5. The number of carbonyl (C=O) groups is 1. The SMILES string of the molecule is Cc1ccc([N+](=O)[O-])c(C(=O)N2CCNC(C)C2)c1. The van der Waals surface area contributed by atoms with Gasteiger partial charge in [0.15, 0.2) is 0 Å². The van der Waals surface area contributed by atoms with Gasteiger partial charge in [0.05, 0.1) is 4.92 Å². The molecule has 6 nitrogen and oxygen atoms in total. The minimum absolute atomic E-state index is 0.123. The molecular weight excluding hydrogens is 246 g/mol. The van der Waals surface area contributed by atoms with Gasteiger partial charge in [0.1, 0.15) is 5.56 Å². The van der Waals surface area contributed by atoms with E-state index in [0.29, 0.717) is 19.6 Å². The fourth-order valence-corrected chi connectivity index (χ4v) is 2.27.